The van der Waals surface area contributed by atoms with E-state index in [1.165, 1.54) is 29.7 Å². The Morgan fingerprint density at radius 2 is 2.15 bits per heavy atom. The molecule has 1 aromatic rings. The third kappa shape index (κ3) is 3.24. The highest BCUT2D eigenvalue weighted by atomic mass is 32.2. The van der Waals surface area contributed by atoms with Gasteiger partial charge in [0.25, 0.3) is 0 Å². The van der Waals surface area contributed by atoms with Crippen LogP contribution in [0.2, 0.25) is 0 Å². The summed E-state index contributed by atoms with van der Waals surface area (Å²) in [5.74, 6) is 0. The number of hydrogen-bond donors (Lipinski definition) is 1. The maximum atomic E-state index is 12.1. The van der Waals surface area contributed by atoms with Gasteiger partial charge in [0.05, 0.1) is 6.61 Å². The second-order valence-electron chi connectivity index (χ2n) is 5.57. The summed E-state index contributed by atoms with van der Waals surface area (Å²) in [5.41, 5.74) is 1.44. The van der Waals surface area contributed by atoms with Gasteiger partial charge in [-0.1, -0.05) is 6.42 Å². The van der Waals surface area contributed by atoms with Crippen molar-refractivity contribution in [3.8, 4) is 0 Å². The maximum absolute atomic E-state index is 12.1. The summed E-state index contributed by atoms with van der Waals surface area (Å²) >= 11 is 1.77. The molecule has 1 aliphatic carbocycles. The van der Waals surface area contributed by atoms with Crippen molar-refractivity contribution in [2.75, 3.05) is 13.2 Å². The Morgan fingerprint density at radius 3 is 2.95 bits per heavy atom. The predicted octanol–water partition coefficient (Wildman–Crippen LogP) is 2.23. The Labute approximate surface area is 124 Å². The fourth-order valence-corrected chi connectivity index (χ4v) is 5.43. The van der Waals surface area contributed by atoms with Crippen LogP contribution in [0.25, 0.3) is 0 Å². The van der Waals surface area contributed by atoms with E-state index in [1.807, 2.05) is 0 Å². The Morgan fingerprint density at radius 1 is 1.30 bits per heavy atom. The van der Waals surface area contributed by atoms with Crippen molar-refractivity contribution < 1.29 is 13.2 Å². The van der Waals surface area contributed by atoms with E-state index in [-0.39, 0.29) is 5.25 Å². The molecule has 20 heavy (non-hydrogen) atoms. The molecule has 2 aliphatic rings. The molecule has 2 heterocycles. The first kappa shape index (κ1) is 14.5. The average Bonchev–Trinajstić information content (AvgIpc) is 3.04. The van der Waals surface area contributed by atoms with Crippen LogP contribution in [0.3, 0.4) is 0 Å². The van der Waals surface area contributed by atoms with Gasteiger partial charge in [-0.05, 0) is 43.7 Å². The lowest BCUT2D eigenvalue weighted by atomic mass is 10.1. The van der Waals surface area contributed by atoms with E-state index in [1.54, 1.807) is 11.3 Å². The van der Waals surface area contributed by atoms with Gasteiger partial charge in [-0.25, -0.2) is 13.1 Å². The van der Waals surface area contributed by atoms with E-state index in [9.17, 15) is 8.42 Å². The molecule has 0 saturated carbocycles. The van der Waals surface area contributed by atoms with Gasteiger partial charge < -0.3 is 4.74 Å². The van der Waals surface area contributed by atoms with E-state index in [0.29, 0.717) is 26.2 Å². The van der Waals surface area contributed by atoms with Gasteiger partial charge in [0.15, 0.2) is 0 Å². The topological polar surface area (TPSA) is 55.4 Å². The molecule has 1 fully saturated rings. The summed E-state index contributed by atoms with van der Waals surface area (Å²) in [5, 5.41) is -0.375. The van der Waals surface area contributed by atoms with Crippen molar-refractivity contribution in [3.63, 3.8) is 0 Å². The van der Waals surface area contributed by atoms with E-state index in [4.69, 9.17) is 4.74 Å². The number of ether oxygens (including phenoxy) is 1. The Hall–Kier alpha value is -0.430. The molecule has 1 aromatic heterocycles. The van der Waals surface area contributed by atoms with Crippen LogP contribution in [0.1, 0.15) is 41.0 Å². The number of fused-ring (bicyclic) bond motifs is 1. The smallest absolute Gasteiger partial charge is 0.217 e. The number of hydrogen-bond acceptors (Lipinski definition) is 4. The minimum Gasteiger partial charge on any atom is -0.380 e. The van der Waals surface area contributed by atoms with E-state index < -0.39 is 10.0 Å². The summed E-state index contributed by atoms with van der Waals surface area (Å²) < 4.78 is 32.1. The lowest BCUT2D eigenvalue weighted by Gasteiger charge is -2.10. The molecule has 4 nitrogen and oxygen atoms in total. The largest absolute Gasteiger partial charge is 0.380 e. The van der Waals surface area contributed by atoms with Gasteiger partial charge in [-0.15, -0.1) is 11.3 Å². The van der Waals surface area contributed by atoms with Crippen LogP contribution in [0.15, 0.2) is 6.07 Å². The van der Waals surface area contributed by atoms with E-state index in [0.717, 1.165) is 17.7 Å². The summed E-state index contributed by atoms with van der Waals surface area (Å²) in [4.78, 5) is 2.60. The Kier molecular flexibility index (Phi) is 4.45. The number of aryl methyl sites for hydroxylation is 2. The van der Waals surface area contributed by atoms with Crippen molar-refractivity contribution in [2.24, 2.45) is 0 Å². The first-order valence-electron chi connectivity index (χ1n) is 7.32. The highest BCUT2D eigenvalue weighted by molar-refractivity contribution is 7.90. The second-order valence-corrected chi connectivity index (χ2v) is 8.84. The molecule has 6 heteroatoms. The van der Waals surface area contributed by atoms with Gasteiger partial charge in [0.2, 0.25) is 10.0 Å². The van der Waals surface area contributed by atoms with Gasteiger partial charge >= 0.3 is 0 Å². The van der Waals surface area contributed by atoms with Crippen LogP contribution in [-0.4, -0.2) is 26.9 Å². The quantitative estimate of drug-likeness (QED) is 0.867. The van der Waals surface area contributed by atoms with Crippen LogP contribution < -0.4 is 4.72 Å². The molecule has 1 saturated heterocycles. The third-order valence-electron chi connectivity index (χ3n) is 4.07. The van der Waals surface area contributed by atoms with Crippen molar-refractivity contribution >= 4 is 21.4 Å². The van der Waals surface area contributed by atoms with Gasteiger partial charge in [0.1, 0.15) is 5.25 Å². The molecule has 1 N–H and O–H groups in total. The first-order chi connectivity index (χ1) is 9.65. The second kappa shape index (κ2) is 6.13. The van der Waals surface area contributed by atoms with Crippen molar-refractivity contribution in [3.05, 3.63) is 21.4 Å². The zero-order chi connectivity index (χ0) is 14.0. The molecule has 1 aliphatic heterocycles. The zero-order valence-corrected chi connectivity index (χ0v) is 13.2. The van der Waals surface area contributed by atoms with Crippen molar-refractivity contribution in [2.45, 2.75) is 50.3 Å². The van der Waals surface area contributed by atoms with Crippen LogP contribution >= 0.6 is 11.3 Å². The number of sulfonamides is 1. The lowest BCUT2D eigenvalue weighted by molar-refractivity contribution is 0.198. The molecular formula is C14H21NO3S2. The van der Waals surface area contributed by atoms with Crippen LogP contribution in [0.5, 0.6) is 0 Å². The summed E-state index contributed by atoms with van der Waals surface area (Å²) in [6.07, 6.45) is 6.74. The predicted molar refractivity (Wildman–Crippen MR) is 80.6 cm³/mol. The van der Waals surface area contributed by atoms with Crippen LogP contribution in [-0.2, 0) is 34.1 Å². The molecule has 112 valence electrons. The van der Waals surface area contributed by atoms with Gasteiger partial charge in [-0.2, -0.15) is 0 Å². The standard InChI is InChI=1S/C14H21NO3S2/c16-20(17,13-6-7-18-10-13)15-9-12-8-11-4-2-1-3-5-14(11)19-12/h8,13,15H,1-7,9-10H2. The minimum absolute atomic E-state index is 0.330. The van der Waals surface area contributed by atoms with Gasteiger partial charge in [-0.3, -0.25) is 0 Å². The fraction of sp³-hybridized carbons (Fsp3) is 0.714. The van der Waals surface area contributed by atoms with Crippen molar-refractivity contribution in [1.82, 2.24) is 4.72 Å². The zero-order valence-electron chi connectivity index (χ0n) is 11.6. The van der Waals surface area contributed by atoms with Gasteiger partial charge in [0, 0.05) is 22.9 Å². The number of thiophene rings is 1. The molecule has 0 aromatic carbocycles. The Bertz CT molecular complexity index is 535. The highest BCUT2D eigenvalue weighted by Gasteiger charge is 2.29. The minimum atomic E-state index is -3.24. The van der Waals surface area contributed by atoms with E-state index in [2.05, 4.69) is 10.8 Å². The van der Waals surface area contributed by atoms with Crippen molar-refractivity contribution in [1.29, 1.82) is 0 Å². The number of nitrogens with one attached hydrogen (secondary N) is 1. The third-order valence-corrected chi connectivity index (χ3v) is 7.11. The molecule has 1 unspecified atom stereocenters. The molecule has 0 bridgehead atoms. The highest BCUT2D eigenvalue weighted by Crippen LogP contribution is 2.29. The molecular weight excluding hydrogens is 294 g/mol. The molecule has 0 amide bonds. The molecule has 0 radical (unpaired) electrons. The normalized spacial score (nSPS) is 23.5. The first-order valence-corrected chi connectivity index (χ1v) is 9.68. The number of rotatable bonds is 4. The molecule has 3 rings (SSSR count). The summed E-state index contributed by atoms with van der Waals surface area (Å²) in [7, 11) is -3.24. The van der Waals surface area contributed by atoms with E-state index >= 15 is 0 Å². The summed E-state index contributed by atoms with van der Waals surface area (Å²) in [6.45, 7) is 1.31. The van der Waals surface area contributed by atoms with Crippen LogP contribution in [0, 0.1) is 0 Å². The molecule has 1 atom stereocenters. The lowest BCUT2D eigenvalue weighted by Crippen LogP contribution is -2.34. The average molecular weight is 315 g/mol. The Balaban J connectivity index is 1.63. The SMILES string of the molecule is O=S(=O)(NCc1cc2c(s1)CCCCC2)C1CCOC1. The maximum Gasteiger partial charge on any atom is 0.217 e. The van der Waals surface area contributed by atoms with Crippen LogP contribution in [0.4, 0.5) is 0 Å². The molecule has 0 spiro atoms. The monoisotopic (exact) mass is 315 g/mol. The summed E-state index contributed by atoms with van der Waals surface area (Å²) in [6, 6.07) is 2.19. The fourth-order valence-electron chi connectivity index (χ4n) is 2.86.